The highest BCUT2D eigenvalue weighted by molar-refractivity contribution is 6.13. The third-order valence-corrected chi connectivity index (χ3v) is 3.28. The Kier molecular flexibility index (Phi) is 2.16. The van der Waals surface area contributed by atoms with Crippen LogP contribution in [0.15, 0.2) is 36.5 Å². The number of hydrogen-bond acceptors (Lipinski definition) is 2. The molecule has 0 bridgehead atoms. The Labute approximate surface area is 99.0 Å². The standard InChI is InChI=1S/C14H13NO2/c1-2-9-3-4-10-5-6-15(11(10)7-9)12-8-13(16)14(12)17/h3-8,14,17H,2H2,1H3. The Hall–Kier alpha value is -1.87. The van der Waals surface area contributed by atoms with Crippen LogP contribution in [0.4, 0.5) is 0 Å². The maximum absolute atomic E-state index is 11.1. The normalized spacial score (nSPS) is 19.3. The van der Waals surface area contributed by atoms with Gasteiger partial charge in [-0.2, -0.15) is 0 Å². The molecule has 17 heavy (non-hydrogen) atoms. The van der Waals surface area contributed by atoms with Gasteiger partial charge >= 0.3 is 0 Å². The summed E-state index contributed by atoms with van der Waals surface area (Å²) < 4.78 is 1.89. The third-order valence-electron chi connectivity index (χ3n) is 3.28. The van der Waals surface area contributed by atoms with E-state index in [0.717, 1.165) is 17.3 Å². The lowest BCUT2D eigenvalue weighted by Crippen LogP contribution is -2.32. The van der Waals surface area contributed by atoms with Crippen LogP contribution < -0.4 is 0 Å². The van der Waals surface area contributed by atoms with Crippen LogP contribution in [0.2, 0.25) is 0 Å². The summed E-state index contributed by atoms with van der Waals surface area (Å²) in [5, 5.41) is 10.7. The molecule has 1 aromatic carbocycles. The fourth-order valence-corrected chi connectivity index (χ4v) is 2.17. The molecule has 1 heterocycles. The van der Waals surface area contributed by atoms with Crippen LogP contribution in [0.1, 0.15) is 12.5 Å². The molecule has 1 aliphatic rings. The molecule has 1 aliphatic carbocycles. The van der Waals surface area contributed by atoms with Crippen molar-refractivity contribution in [3.05, 3.63) is 42.1 Å². The van der Waals surface area contributed by atoms with Crippen molar-refractivity contribution in [1.82, 2.24) is 4.57 Å². The summed E-state index contributed by atoms with van der Waals surface area (Å²) in [6.07, 6.45) is 3.39. The molecule has 3 nitrogen and oxygen atoms in total. The molecule has 0 aliphatic heterocycles. The van der Waals surface area contributed by atoms with Crippen molar-refractivity contribution < 1.29 is 9.90 Å². The molecule has 0 radical (unpaired) electrons. The fraction of sp³-hybridized carbons (Fsp3) is 0.214. The smallest absolute Gasteiger partial charge is 0.192 e. The fourth-order valence-electron chi connectivity index (χ4n) is 2.17. The Morgan fingerprint density at radius 3 is 2.82 bits per heavy atom. The predicted octanol–water partition coefficient (Wildman–Crippen LogP) is 1.99. The Balaban J connectivity index is 2.17. The molecule has 0 spiro atoms. The quantitative estimate of drug-likeness (QED) is 0.852. The highest BCUT2D eigenvalue weighted by Crippen LogP contribution is 2.27. The number of aryl methyl sites for hydroxylation is 1. The summed E-state index contributed by atoms with van der Waals surface area (Å²) in [5.41, 5.74) is 2.96. The van der Waals surface area contributed by atoms with Crippen molar-refractivity contribution in [2.45, 2.75) is 19.4 Å². The zero-order valence-corrected chi connectivity index (χ0v) is 9.55. The van der Waals surface area contributed by atoms with E-state index in [0.29, 0.717) is 5.70 Å². The van der Waals surface area contributed by atoms with Gasteiger partial charge in [0.1, 0.15) is 0 Å². The summed E-state index contributed by atoms with van der Waals surface area (Å²) in [4.78, 5) is 11.1. The number of nitrogens with zero attached hydrogens (tertiary/aromatic N) is 1. The molecule has 86 valence electrons. The van der Waals surface area contributed by atoms with Crippen molar-refractivity contribution in [1.29, 1.82) is 0 Å². The average molecular weight is 227 g/mol. The summed E-state index contributed by atoms with van der Waals surface area (Å²) in [6, 6.07) is 8.26. The lowest BCUT2D eigenvalue weighted by atomic mass is 10.00. The van der Waals surface area contributed by atoms with Crippen LogP contribution >= 0.6 is 0 Å². The lowest BCUT2D eigenvalue weighted by molar-refractivity contribution is -0.121. The topological polar surface area (TPSA) is 42.2 Å². The first kappa shape index (κ1) is 10.3. The molecule has 0 saturated carbocycles. The molecule has 1 unspecified atom stereocenters. The van der Waals surface area contributed by atoms with E-state index in [1.54, 1.807) is 0 Å². The van der Waals surface area contributed by atoms with E-state index in [-0.39, 0.29) is 5.78 Å². The molecular formula is C14H13NO2. The van der Waals surface area contributed by atoms with Crippen LogP contribution in [0, 0.1) is 0 Å². The first-order valence-electron chi connectivity index (χ1n) is 5.74. The molecule has 0 amide bonds. The van der Waals surface area contributed by atoms with Crippen LogP contribution in [0.3, 0.4) is 0 Å². The number of carbonyl (C=O) groups is 1. The number of hydrogen-bond donors (Lipinski definition) is 1. The minimum atomic E-state index is -0.962. The van der Waals surface area contributed by atoms with Gasteiger partial charge in [-0.15, -0.1) is 0 Å². The molecule has 0 saturated heterocycles. The largest absolute Gasteiger partial charge is 0.379 e. The monoisotopic (exact) mass is 227 g/mol. The molecule has 1 N–H and O–H groups in total. The number of rotatable bonds is 2. The lowest BCUT2D eigenvalue weighted by Gasteiger charge is -2.22. The summed E-state index contributed by atoms with van der Waals surface area (Å²) in [7, 11) is 0. The van der Waals surface area contributed by atoms with E-state index in [4.69, 9.17) is 0 Å². The molecule has 1 aromatic heterocycles. The molecule has 3 rings (SSSR count). The van der Waals surface area contributed by atoms with Gasteiger partial charge < -0.3 is 9.67 Å². The van der Waals surface area contributed by atoms with Crippen molar-refractivity contribution in [3.63, 3.8) is 0 Å². The predicted molar refractivity (Wildman–Crippen MR) is 66.6 cm³/mol. The first-order chi connectivity index (χ1) is 8.20. The number of aliphatic hydroxyl groups excluding tert-OH is 1. The Morgan fingerprint density at radius 1 is 1.35 bits per heavy atom. The van der Waals surface area contributed by atoms with Crippen LogP contribution in [0.25, 0.3) is 16.6 Å². The number of aromatic nitrogens is 1. The molecule has 0 fully saturated rings. The summed E-state index contributed by atoms with van der Waals surface area (Å²) in [5.74, 6) is -0.214. The highest BCUT2D eigenvalue weighted by atomic mass is 16.3. The zero-order valence-electron chi connectivity index (χ0n) is 9.55. The van der Waals surface area contributed by atoms with Crippen LogP contribution in [-0.4, -0.2) is 21.6 Å². The second-order valence-corrected chi connectivity index (χ2v) is 4.31. The van der Waals surface area contributed by atoms with E-state index in [2.05, 4.69) is 25.1 Å². The Bertz CT molecular complexity index is 637. The van der Waals surface area contributed by atoms with Gasteiger partial charge in [0, 0.05) is 12.3 Å². The van der Waals surface area contributed by atoms with Gasteiger partial charge in [-0.25, -0.2) is 0 Å². The molecular weight excluding hydrogens is 214 g/mol. The SMILES string of the molecule is CCc1ccc2ccn(C3=CC(=O)C3O)c2c1. The second-order valence-electron chi connectivity index (χ2n) is 4.31. The second kappa shape index (κ2) is 3.57. The highest BCUT2D eigenvalue weighted by Gasteiger charge is 2.30. The zero-order chi connectivity index (χ0) is 12.0. The molecule has 1 atom stereocenters. The average Bonchev–Trinajstić information content (AvgIpc) is 2.77. The number of fused-ring (bicyclic) bond motifs is 1. The number of aliphatic hydroxyl groups is 1. The third kappa shape index (κ3) is 1.43. The minimum Gasteiger partial charge on any atom is -0.379 e. The number of ketones is 1. The van der Waals surface area contributed by atoms with E-state index in [1.165, 1.54) is 11.6 Å². The van der Waals surface area contributed by atoms with Crippen LogP contribution in [-0.2, 0) is 11.2 Å². The maximum Gasteiger partial charge on any atom is 0.192 e. The maximum atomic E-state index is 11.1. The molecule has 2 aromatic rings. The first-order valence-corrected chi connectivity index (χ1v) is 5.74. The summed E-state index contributed by atoms with van der Waals surface area (Å²) in [6.45, 7) is 2.11. The van der Waals surface area contributed by atoms with Gasteiger partial charge in [0.05, 0.1) is 11.2 Å². The van der Waals surface area contributed by atoms with E-state index < -0.39 is 6.10 Å². The van der Waals surface area contributed by atoms with Crippen molar-refractivity contribution >= 4 is 22.4 Å². The Morgan fingerprint density at radius 2 is 2.18 bits per heavy atom. The van der Waals surface area contributed by atoms with E-state index in [9.17, 15) is 9.90 Å². The van der Waals surface area contributed by atoms with Gasteiger partial charge in [0.15, 0.2) is 11.9 Å². The number of benzene rings is 1. The van der Waals surface area contributed by atoms with E-state index >= 15 is 0 Å². The van der Waals surface area contributed by atoms with Gasteiger partial charge in [-0.05, 0) is 29.5 Å². The number of carbonyl (C=O) groups excluding carboxylic acids is 1. The van der Waals surface area contributed by atoms with Gasteiger partial charge in [0.25, 0.3) is 0 Å². The van der Waals surface area contributed by atoms with Gasteiger partial charge in [-0.3, -0.25) is 4.79 Å². The van der Waals surface area contributed by atoms with Crippen molar-refractivity contribution in [3.8, 4) is 0 Å². The summed E-state index contributed by atoms with van der Waals surface area (Å²) >= 11 is 0. The van der Waals surface area contributed by atoms with Crippen LogP contribution in [0.5, 0.6) is 0 Å². The van der Waals surface area contributed by atoms with E-state index in [1.807, 2.05) is 16.8 Å². The molecule has 3 heteroatoms. The van der Waals surface area contributed by atoms with Crippen molar-refractivity contribution in [2.24, 2.45) is 0 Å². The van der Waals surface area contributed by atoms with Gasteiger partial charge in [-0.1, -0.05) is 19.1 Å². The van der Waals surface area contributed by atoms with Crippen molar-refractivity contribution in [2.75, 3.05) is 0 Å². The minimum absolute atomic E-state index is 0.214. The van der Waals surface area contributed by atoms with Gasteiger partial charge in [0.2, 0.25) is 0 Å².